The molecule has 0 radical (unpaired) electrons. The second-order valence-electron chi connectivity index (χ2n) is 8.30. The average Bonchev–Trinajstić information content (AvgIpc) is 2.72. The van der Waals surface area contributed by atoms with Gasteiger partial charge in [-0.3, -0.25) is 4.99 Å². The van der Waals surface area contributed by atoms with Crippen molar-refractivity contribution in [2.45, 2.75) is 26.3 Å². The van der Waals surface area contributed by atoms with E-state index in [-0.39, 0.29) is 11.4 Å². The maximum Gasteiger partial charge on any atom is 0.134 e. The van der Waals surface area contributed by atoms with Crippen molar-refractivity contribution < 1.29 is 9.13 Å². The minimum atomic E-state index is -0.255. The SMILES string of the molecule is CC1=CC(C)(C)N(C)c2cc(F)c(C=Nc3ccc(N4CCOCC4)cc3)cc21. The Kier molecular flexibility index (Phi) is 5.17. The number of allylic oxidation sites excluding steroid dienone is 1. The second-order valence-corrected chi connectivity index (χ2v) is 8.30. The van der Waals surface area contributed by atoms with Crippen LogP contribution in [-0.2, 0) is 4.74 Å². The zero-order chi connectivity index (χ0) is 20.6. The topological polar surface area (TPSA) is 28.1 Å². The Bertz CT molecular complexity index is 957. The molecule has 4 nitrogen and oxygen atoms in total. The van der Waals surface area contributed by atoms with Crippen LogP contribution in [0.1, 0.15) is 31.9 Å². The lowest BCUT2D eigenvalue weighted by Gasteiger charge is -2.40. The molecular weight excluding hydrogens is 365 g/mol. The molecule has 2 aliphatic heterocycles. The van der Waals surface area contributed by atoms with E-state index in [4.69, 9.17) is 4.74 Å². The van der Waals surface area contributed by atoms with Crippen molar-refractivity contribution in [2.75, 3.05) is 43.2 Å². The summed E-state index contributed by atoms with van der Waals surface area (Å²) < 4.78 is 20.2. The third-order valence-electron chi connectivity index (χ3n) is 5.91. The summed E-state index contributed by atoms with van der Waals surface area (Å²) >= 11 is 0. The van der Waals surface area contributed by atoms with Crippen molar-refractivity contribution >= 4 is 28.8 Å². The van der Waals surface area contributed by atoms with Crippen LogP contribution < -0.4 is 9.80 Å². The van der Waals surface area contributed by atoms with Crippen LogP contribution in [0.5, 0.6) is 0 Å². The Morgan fingerprint density at radius 1 is 1.10 bits per heavy atom. The second kappa shape index (κ2) is 7.64. The number of morpholine rings is 1. The fraction of sp³-hybridized carbons (Fsp3) is 0.375. The van der Waals surface area contributed by atoms with Crippen molar-refractivity contribution in [3.8, 4) is 0 Å². The molecule has 2 heterocycles. The summed E-state index contributed by atoms with van der Waals surface area (Å²) in [5, 5.41) is 0. The van der Waals surface area contributed by atoms with Gasteiger partial charge in [0.05, 0.1) is 24.4 Å². The number of halogens is 1. The fourth-order valence-corrected chi connectivity index (χ4v) is 4.00. The first kappa shape index (κ1) is 19.6. The minimum absolute atomic E-state index is 0.138. The maximum absolute atomic E-state index is 14.8. The molecule has 5 heteroatoms. The highest BCUT2D eigenvalue weighted by atomic mass is 19.1. The van der Waals surface area contributed by atoms with Gasteiger partial charge in [0.1, 0.15) is 5.82 Å². The summed E-state index contributed by atoms with van der Waals surface area (Å²) in [4.78, 5) is 8.92. The van der Waals surface area contributed by atoms with Gasteiger partial charge in [0.2, 0.25) is 0 Å². The Labute approximate surface area is 172 Å². The summed E-state index contributed by atoms with van der Waals surface area (Å²) in [5.74, 6) is -0.255. The van der Waals surface area contributed by atoms with Crippen molar-refractivity contribution in [1.82, 2.24) is 0 Å². The number of likely N-dealkylation sites (N-methyl/N-ethyl adjacent to an activating group) is 1. The first-order chi connectivity index (χ1) is 13.8. The monoisotopic (exact) mass is 393 g/mol. The molecule has 29 heavy (non-hydrogen) atoms. The molecule has 152 valence electrons. The molecule has 2 aromatic carbocycles. The third-order valence-corrected chi connectivity index (χ3v) is 5.91. The predicted octanol–water partition coefficient (Wildman–Crippen LogP) is 5.04. The van der Waals surface area contributed by atoms with Crippen LogP contribution in [0.3, 0.4) is 0 Å². The molecule has 0 unspecified atom stereocenters. The molecule has 0 amide bonds. The highest BCUT2D eigenvalue weighted by Crippen LogP contribution is 2.38. The van der Waals surface area contributed by atoms with Gasteiger partial charge in [-0.15, -0.1) is 0 Å². The Morgan fingerprint density at radius 2 is 1.79 bits per heavy atom. The largest absolute Gasteiger partial charge is 0.378 e. The number of rotatable bonds is 3. The van der Waals surface area contributed by atoms with Crippen LogP contribution in [0.15, 0.2) is 47.5 Å². The lowest BCUT2D eigenvalue weighted by molar-refractivity contribution is 0.122. The average molecular weight is 394 g/mol. The Balaban J connectivity index is 1.57. The van der Waals surface area contributed by atoms with E-state index in [2.05, 4.69) is 53.8 Å². The third kappa shape index (κ3) is 3.92. The zero-order valence-electron chi connectivity index (χ0n) is 17.6. The van der Waals surface area contributed by atoms with Gasteiger partial charge < -0.3 is 14.5 Å². The van der Waals surface area contributed by atoms with E-state index >= 15 is 0 Å². The predicted molar refractivity (Wildman–Crippen MR) is 119 cm³/mol. The quantitative estimate of drug-likeness (QED) is 0.684. The number of hydrogen-bond donors (Lipinski definition) is 0. The summed E-state index contributed by atoms with van der Waals surface area (Å²) in [6, 6.07) is 11.6. The van der Waals surface area contributed by atoms with Crippen LogP contribution >= 0.6 is 0 Å². The molecule has 2 aromatic rings. The smallest absolute Gasteiger partial charge is 0.134 e. The van der Waals surface area contributed by atoms with Crippen LogP contribution in [0.2, 0.25) is 0 Å². The van der Waals surface area contributed by atoms with E-state index in [1.54, 1.807) is 12.3 Å². The number of hydrogen-bond acceptors (Lipinski definition) is 4. The van der Waals surface area contributed by atoms with Gasteiger partial charge >= 0.3 is 0 Å². The maximum atomic E-state index is 14.8. The van der Waals surface area contributed by atoms with E-state index in [0.717, 1.165) is 48.8 Å². The lowest BCUT2D eigenvalue weighted by atomic mass is 9.88. The van der Waals surface area contributed by atoms with Crippen molar-refractivity contribution in [3.05, 3.63) is 59.4 Å². The molecule has 0 spiro atoms. The molecular formula is C24H28FN3O. The van der Waals surface area contributed by atoms with Gasteiger partial charge in [-0.1, -0.05) is 6.08 Å². The molecule has 1 fully saturated rings. The van der Waals surface area contributed by atoms with E-state index in [1.807, 2.05) is 25.2 Å². The van der Waals surface area contributed by atoms with Crippen LogP contribution in [0, 0.1) is 5.82 Å². The van der Waals surface area contributed by atoms with Crippen LogP contribution in [0.4, 0.5) is 21.5 Å². The zero-order valence-corrected chi connectivity index (χ0v) is 17.6. The van der Waals surface area contributed by atoms with Crippen molar-refractivity contribution in [1.29, 1.82) is 0 Å². The lowest BCUT2D eigenvalue weighted by Crippen LogP contribution is -2.42. The van der Waals surface area contributed by atoms with Crippen molar-refractivity contribution in [3.63, 3.8) is 0 Å². The van der Waals surface area contributed by atoms with Crippen molar-refractivity contribution in [2.24, 2.45) is 4.99 Å². The highest BCUT2D eigenvalue weighted by molar-refractivity contribution is 5.89. The Morgan fingerprint density at radius 3 is 2.48 bits per heavy atom. The van der Waals surface area contributed by atoms with E-state index in [1.165, 1.54) is 5.69 Å². The van der Waals surface area contributed by atoms with Gasteiger partial charge in [0.15, 0.2) is 0 Å². The normalized spacial score (nSPS) is 18.7. The number of aliphatic imine (C=N–C) groups is 1. The van der Waals surface area contributed by atoms with E-state index in [0.29, 0.717) is 5.56 Å². The molecule has 0 aromatic heterocycles. The minimum Gasteiger partial charge on any atom is -0.378 e. The van der Waals surface area contributed by atoms with E-state index in [9.17, 15) is 4.39 Å². The summed E-state index contributed by atoms with van der Waals surface area (Å²) in [6.07, 6.45) is 3.84. The van der Waals surface area contributed by atoms with Gasteiger partial charge in [0.25, 0.3) is 0 Å². The molecule has 4 rings (SSSR count). The van der Waals surface area contributed by atoms with Gasteiger partial charge in [0, 0.05) is 48.9 Å². The first-order valence-electron chi connectivity index (χ1n) is 10.1. The number of nitrogens with zero attached hydrogens (tertiary/aromatic N) is 3. The van der Waals surface area contributed by atoms with Gasteiger partial charge in [-0.25, -0.2) is 4.39 Å². The van der Waals surface area contributed by atoms with E-state index < -0.39 is 0 Å². The molecule has 1 saturated heterocycles. The van der Waals surface area contributed by atoms with Gasteiger partial charge in [-0.2, -0.15) is 0 Å². The number of anilines is 2. The summed E-state index contributed by atoms with van der Waals surface area (Å²) in [6.45, 7) is 9.68. The fourth-order valence-electron chi connectivity index (χ4n) is 4.00. The molecule has 0 N–H and O–H groups in total. The highest BCUT2D eigenvalue weighted by Gasteiger charge is 2.29. The first-order valence-corrected chi connectivity index (χ1v) is 10.1. The molecule has 0 bridgehead atoms. The number of ether oxygens (including phenoxy) is 1. The number of benzene rings is 2. The Hall–Kier alpha value is -2.66. The summed E-state index contributed by atoms with van der Waals surface area (Å²) in [7, 11) is 2.00. The standard InChI is InChI=1S/C24H28FN3O/c1-17-15-24(2,3)27(4)23-14-22(25)18(13-21(17)23)16-26-19-5-7-20(8-6-19)28-9-11-29-12-10-28/h5-8,13-16H,9-12H2,1-4H3. The molecule has 0 atom stereocenters. The molecule has 0 saturated carbocycles. The number of fused-ring (bicyclic) bond motifs is 1. The van der Waals surface area contributed by atoms with Crippen LogP contribution in [-0.4, -0.2) is 45.1 Å². The van der Waals surface area contributed by atoms with Crippen LogP contribution in [0.25, 0.3) is 5.57 Å². The molecule has 0 aliphatic carbocycles. The summed E-state index contributed by atoms with van der Waals surface area (Å²) in [5.41, 5.74) is 5.47. The molecule has 2 aliphatic rings. The van der Waals surface area contributed by atoms with Gasteiger partial charge in [-0.05, 0) is 62.7 Å².